The van der Waals surface area contributed by atoms with E-state index in [9.17, 15) is 13.2 Å². The average molecular weight is 383 g/mol. The lowest BCUT2D eigenvalue weighted by molar-refractivity contribution is -0.123. The first-order valence-corrected chi connectivity index (χ1v) is 10.1. The van der Waals surface area contributed by atoms with Crippen LogP contribution in [0, 0.1) is 6.92 Å². The summed E-state index contributed by atoms with van der Waals surface area (Å²) in [5.41, 5.74) is 2.38. The van der Waals surface area contributed by atoms with E-state index < -0.39 is 10.0 Å². The maximum absolute atomic E-state index is 11.9. The molecule has 2 aromatic rings. The molecule has 25 heavy (non-hydrogen) atoms. The van der Waals surface area contributed by atoms with Crippen LogP contribution in [-0.2, 0) is 21.4 Å². The van der Waals surface area contributed by atoms with Gasteiger partial charge in [0.2, 0.25) is 10.0 Å². The molecule has 1 heterocycles. The smallest absolute Gasteiger partial charge is 0.258 e. The van der Waals surface area contributed by atoms with Gasteiger partial charge in [0.15, 0.2) is 6.61 Å². The first kappa shape index (κ1) is 19.4. The number of primary sulfonamides is 1. The van der Waals surface area contributed by atoms with E-state index in [2.05, 4.69) is 19.2 Å². The molecule has 0 saturated heterocycles. The molecule has 6 nitrogen and oxygen atoms in total. The van der Waals surface area contributed by atoms with E-state index in [1.807, 2.05) is 25.1 Å². The number of rotatable bonds is 7. The highest BCUT2D eigenvalue weighted by Crippen LogP contribution is 2.23. The van der Waals surface area contributed by atoms with Crippen LogP contribution in [0.4, 0.5) is 0 Å². The predicted molar refractivity (Wildman–Crippen MR) is 98.3 cm³/mol. The number of carbonyl (C=O) groups is 1. The summed E-state index contributed by atoms with van der Waals surface area (Å²) in [5, 5.41) is 7.74. The number of sulfonamides is 1. The number of nitrogens with one attached hydrogen (secondary N) is 1. The Hall–Kier alpha value is -1.90. The van der Waals surface area contributed by atoms with Crippen LogP contribution in [0.5, 0.6) is 5.75 Å². The van der Waals surface area contributed by atoms with Crippen molar-refractivity contribution < 1.29 is 17.9 Å². The number of aryl methyl sites for hydroxylation is 1. The summed E-state index contributed by atoms with van der Waals surface area (Å²) in [5.74, 6) is 0.797. The van der Waals surface area contributed by atoms with Crippen molar-refractivity contribution in [3.63, 3.8) is 0 Å². The van der Waals surface area contributed by atoms with Crippen molar-refractivity contribution in [3.05, 3.63) is 46.3 Å². The minimum Gasteiger partial charge on any atom is -0.484 e. The lowest BCUT2D eigenvalue weighted by Crippen LogP contribution is -2.28. The Kier molecular flexibility index (Phi) is 6.21. The molecule has 0 atom stereocenters. The number of hydrogen-bond acceptors (Lipinski definition) is 5. The van der Waals surface area contributed by atoms with Crippen molar-refractivity contribution in [1.29, 1.82) is 0 Å². The molecule has 0 bridgehead atoms. The van der Waals surface area contributed by atoms with Crippen LogP contribution >= 0.6 is 11.3 Å². The summed E-state index contributed by atoms with van der Waals surface area (Å²) in [4.78, 5) is 12.6. The molecule has 0 saturated carbocycles. The maximum Gasteiger partial charge on any atom is 0.258 e. The van der Waals surface area contributed by atoms with Crippen molar-refractivity contribution in [3.8, 4) is 5.75 Å². The summed E-state index contributed by atoms with van der Waals surface area (Å²) in [6, 6.07) is 8.83. The Morgan fingerprint density at radius 2 is 2.00 bits per heavy atom. The van der Waals surface area contributed by atoms with Crippen LogP contribution in [0.1, 0.15) is 35.8 Å². The van der Waals surface area contributed by atoms with E-state index in [1.165, 1.54) is 11.6 Å². The SMILES string of the molecule is Cc1cc(OCC(=O)NCc2ccc(S(N)(=O)=O)s2)ccc1C(C)C. The Balaban J connectivity index is 1.85. The summed E-state index contributed by atoms with van der Waals surface area (Å²) in [6.07, 6.45) is 0. The molecule has 0 aliphatic rings. The highest BCUT2D eigenvalue weighted by molar-refractivity contribution is 7.91. The van der Waals surface area contributed by atoms with E-state index in [1.54, 1.807) is 6.07 Å². The minimum atomic E-state index is -3.70. The van der Waals surface area contributed by atoms with Gasteiger partial charge in [-0.05, 0) is 48.2 Å². The fourth-order valence-electron chi connectivity index (χ4n) is 2.38. The molecule has 0 radical (unpaired) electrons. The molecule has 0 fully saturated rings. The number of amides is 1. The van der Waals surface area contributed by atoms with Gasteiger partial charge >= 0.3 is 0 Å². The summed E-state index contributed by atoms with van der Waals surface area (Å²) >= 11 is 1.03. The van der Waals surface area contributed by atoms with Gasteiger partial charge in [-0.3, -0.25) is 4.79 Å². The Bertz CT molecular complexity index is 857. The topological polar surface area (TPSA) is 98.5 Å². The maximum atomic E-state index is 11.9. The number of ether oxygens (including phenoxy) is 1. The molecule has 0 aliphatic heterocycles. The van der Waals surface area contributed by atoms with Crippen LogP contribution in [0.25, 0.3) is 0 Å². The second-order valence-electron chi connectivity index (χ2n) is 6.00. The van der Waals surface area contributed by atoms with Crippen molar-refractivity contribution >= 4 is 27.3 Å². The number of benzene rings is 1. The van der Waals surface area contributed by atoms with Crippen molar-refractivity contribution in [2.45, 2.75) is 37.4 Å². The third-order valence-electron chi connectivity index (χ3n) is 3.61. The first-order valence-electron chi connectivity index (χ1n) is 7.78. The van der Waals surface area contributed by atoms with E-state index in [-0.39, 0.29) is 23.3 Å². The number of nitrogens with two attached hydrogens (primary N) is 1. The lowest BCUT2D eigenvalue weighted by atomic mass is 9.98. The fourth-order valence-corrected chi connectivity index (χ4v) is 4.10. The van der Waals surface area contributed by atoms with Gasteiger partial charge in [0.25, 0.3) is 5.91 Å². The molecule has 2 rings (SSSR count). The lowest BCUT2D eigenvalue weighted by Gasteiger charge is -2.12. The first-order chi connectivity index (χ1) is 11.7. The summed E-state index contributed by atoms with van der Waals surface area (Å²) in [6.45, 7) is 6.40. The van der Waals surface area contributed by atoms with E-state index in [0.29, 0.717) is 16.5 Å². The molecule has 1 aromatic heterocycles. The standard InChI is InChI=1S/C17H22N2O4S2/c1-11(2)15-6-4-13(8-12(15)3)23-10-16(20)19-9-14-5-7-17(24-14)25(18,21)22/h4-8,11H,9-10H2,1-3H3,(H,19,20)(H2,18,21,22). The molecule has 1 aromatic carbocycles. The van der Waals surface area contributed by atoms with Gasteiger partial charge in [-0.1, -0.05) is 19.9 Å². The molecule has 136 valence electrons. The van der Waals surface area contributed by atoms with E-state index in [4.69, 9.17) is 9.88 Å². The monoisotopic (exact) mass is 382 g/mol. The Labute approximate surface area is 152 Å². The molecule has 0 unspecified atom stereocenters. The predicted octanol–water partition coefficient (Wildman–Crippen LogP) is 2.52. The largest absolute Gasteiger partial charge is 0.484 e. The third kappa shape index (κ3) is 5.55. The van der Waals surface area contributed by atoms with Crippen LogP contribution in [0.15, 0.2) is 34.5 Å². The van der Waals surface area contributed by atoms with Gasteiger partial charge < -0.3 is 10.1 Å². The average Bonchev–Trinajstić information content (AvgIpc) is 2.99. The van der Waals surface area contributed by atoms with Gasteiger partial charge in [-0.15, -0.1) is 11.3 Å². The second-order valence-corrected chi connectivity index (χ2v) is 8.96. The van der Waals surface area contributed by atoms with Gasteiger partial charge in [-0.2, -0.15) is 0 Å². The molecule has 0 aliphatic carbocycles. The van der Waals surface area contributed by atoms with E-state index >= 15 is 0 Å². The molecular formula is C17H22N2O4S2. The van der Waals surface area contributed by atoms with Crippen LogP contribution < -0.4 is 15.2 Å². The van der Waals surface area contributed by atoms with Crippen LogP contribution in [-0.4, -0.2) is 20.9 Å². The summed E-state index contributed by atoms with van der Waals surface area (Å²) < 4.78 is 28.0. The minimum absolute atomic E-state index is 0.0775. The van der Waals surface area contributed by atoms with Crippen molar-refractivity contribution in [1.82, 2.24) is 5.32 Å². The third-order valence-corrected chi connectivity index (χ3v) is 6.13. The van der Waals surface area contributed by atoms with Crippen LogP contribution in [0.2, 0.25) is 0 Å². The van der Waals surface area contributed by atoms with Gasteiger partial charge in [-0.25, -0.2) is 13.6 Å². The normalized spacial score (nSPS) is 11.6. The molecular weight excluding hydrogens is 360 g/mol. The van der Waals surface area contributed by atoms with Gasteiger partial charge in [0.1, 0.15) is 9.96 Å². The molecule has 3 N–H and O–H groups in total. The fraction of sp³-hybridized carbons (Fsp3) is 0.353. The zero-order chi connectivity index (χ0) is 18.6. The van der Waals surface area contributed by atoms with Crippen LogP contribution in [0.3, 0.4) is 0 Å². The van der Waals surface area contributed by atoms with Gasteiger partial charge in [0.05, 0.1) is 6.54 Å². The Morgan fingerprint density at radius 1 is 1.28 bits per heavy atom. The number of thiophene rings is 1. The Morgan fingerprint density at radius 3 is 2.56 bits per heavy atom. The highest BCUT2D eigenvalue weighted by atomic mass is 32.2. The molecule has 0 spiro atoms. The molecule has 1 amide bonds. The van der Waals surface area contributed by atoms with Gasteiger partial charge in [0, 0.05) is 4.88 Å². The molecule has 8 heteroatoms. The zero-order valence-corrected chi connectivity index (χ0v) is 16.0. The number of carbonyl (C=O) groups excluding carboxylic acids is 1. The number of hydrogen-bond donors (Lipinski definition) is 2. The summed E-state index contributed by atoms with van der Waals surface area (Å²) in [7, 11) is -3.70. The second kappa shape index (κ2) is 7.99. The zero-order valence-electron chi connectivity index (χ0n) is 14.4. The van der Waals surface area contributed by atoms with E-state index in [0.717, 1.165) is 16.9 Å². The highest BCUT2D eigenvalue weighted by Gasteiger charge is 2.12. The van der Waals surface area contributed by atoms with Crippen molar-refractivity contribution in [2.75, 3.05) is 6.61 Å². The quantitative estimate of drug-likeness (QED) is 0.769. The van der Waals surface area contributed by atoms with Crippen molar-refractivity contribution in [2.24, 2.45) is 5.14 Å².